The monoisotopic (exact) mass is 233 g/mol. The zero-order chi connectivity index (χ0) is 13.0. The largest absolute Gasteiger partial charge is 0.478 e. The fraction of sp³-hybridized carbons (Fsp3) is 0.231. The van der Waals surface area contributed by atoms with Crippen LogP contribution in [0.1, 0.15) is 16.7 Å². The Morgan fingerprint density at radius 1 is 1.06 bits per heavy atom. The Balaban J connectivity index is 2.85. The molecule has 1 aromatic carbocycles. The van der Waals surface area contributed by atoms with E-state index in [0.717, 1.165) is 28.8 Å². The minimum atomic E-state index is -1.14. The van der Waals surface area contributed by atoms with Crippen LogP contribution in [0.3, 0.4) is 0 Å². The Morgan fingerprint density at radius 3 is 2.24 bits per heavy atom. The lowest BCUT2D eigenvalue weighted by Crippen LogP contribution is -2.10. The minimum absolute atomic E-state index is 0.446. The van der Waals surface area contributed by atoms with Gasteiger partial charge in [-0.3, -0.25) is 4.79 Å². The predicted molar refractivity (Wildman–Crippen MR) is 66.1 cm³/mol. The van der Waals surface area contributed by atoms with Gasteiger partial charge in [0, 0.05) is 17.8 Å². The summed E-state index contributed by atoms with van der Waals surface area (Å²) in [7, 11) is 0. The van der Waals surface area contributed by atoms with E-state index in [9.17, 15) is 9.59 Å². The third-order valence-corrected chi connectivity index (χ3v) is 2.48. The first kappa shape index (κ1) is 13.0. The Labute approximate surface area is 100.0 Å². The molecular formula is C13H15NO3. The van der Waals surface area contributed by atoms with Crippen molar-refractivity contribution in [3.63, 3.8) is 0 Å². The zero-order valence-electron chi connectivity index (χ0n) is 10.1. The van der Waals surface area contributed by atoms with Crippen LogP contribution in [0.15, 0.2) is 24.3 Å². The average molecular weight is 233 g/mol. The molecule has 17 heavy (non-hydrogen) atoms. The highest BCUT2D eigenvalue weighted by molar-refractivity contribution is 6.02. The van der Waals surface area contributed by atoms with Crippen molar-refractivity contribution < 1.29 is 14.7 Å². The van der Waals surface area contributed by atoms with E-state index in [1.54, 1.807) is 0 Å². The molecule has 2 N–H and O–H groups in total. The lowest BCUT2D eigenvalue weighted by atomic mass is 10.0. The van der Waals surface area contributed by atoms with Gasteiger partial charge in [0.15, 0.2) is 0 Å². The second kappa shape index (κ2) is 5.30. The molecule has 0 aliphatic heterocycles. The first-order valence-electron chi connectivity index (χ1n) is 5.20. The summed E-state index contributed by atoms with van der Waals surface area (Å²) in [6.45, 7) is 5.85. The third kappa shape index (κ3) is 3.75. The smallest absolute Gasteiger partial charge is 0.328 e. The molecule has 1 amide bonds. The summed E-state index contributed by atoms with van der Waals surface area (Å²) in [5.41, 5.74) is 3.88. The van der Waals surface area contributed by atoms with Crippen LogP contribution in [0.5, 0.6) is 0 Å². The maximum Gasteiger partial charge on any atom is 0.328 e. The molecule has 0 bridgehead atoms. The van der Waals surface area contributed by atoms with Gasteiger partial charge in [0.2, 0.25) is 5.91 Å². The van der Waals surface area contributed by atoms with Crippen LogP contribution in [0.4, 0.5) is 5.69 Å². The second-order valence-corrected chi connectivity index (χ2v) is 3.91. The van der Waals surface area contributed by atoms with Gasteiger partial charge in [-0.2, -0.15) is 0 Å². The first-order chi connectivity index (χ1) is 7.90. The van der Waals surface area contributed by atoms with Crippen LogP contribution in [-0.4, -0.2) is 17.0 Å². The molecule has 90 valence electrons. The Bertz CT molecular complexity index is 490. The number of hydrogen-bond donors (Lipinski definition) is 2. The molecule has 0 saturated heterocycles. The molecule has 1 rings (SSSR count). The molecule has 0 heterocycles. The van der Waals surface area contributed by atoms with Crippen molar-refractivity contribution in [1.82, 2.24) is 0 Å². The van der Waals surface area contributed by atoms with Gasteiger partial charge >= 0.3 is 5.97 Å². The molecule has 0 spiro atoms. The molecular weight excluding hydrogens is 218 g/mol. The number of carboxylic acids is 1. The summed E-state index contributed by atoms with van der Waals surface area (Å²) < 4.78 is 0. The van der Waals surface area contributed by atoms with Crippen molar-refractivity contribution in [3.05, 3.63) is 41.0 Å². The third-order valence-electron chi connectivity index (χ3n) is 2.48. The lowest BCUT2D eigenvalue weighted by Gasteiger charge is -2.09. The summed E-state index contributed by atoms with van der Waals surface area (Å²) in [4.78, 5) is 21.7. The SMILES string of the molecule is Cc1cc(C)c(NC(=O)C=CC(=O)O)cc1C. The van der Waals surface area contributed by atoms with Gasteiger partial charge < -0.3 is 10.4 Å². The van der Waals surface area contributed by atoms with E-state index in [2.05, 4.69) is 5.32 Å². The maximum absolute atomic E-state index is 11.4. The highest BCUT2D eigenvalue weighted by Gasteiger charge is 2.04. The summed E-state index contributed by atoms with van der Waals surface area (Å²) in [6.07, 6.45) is 1.81. The highest BCUT2D eigenvalue weighted by atomic mass is 16.4. The van der Waals surface area contributed by atoms with Gasteiger partial charge in [-0.15, -0.1) is 0 Å². The van der Waals surface area contributed by atoms with Crippen molar-refractivity contribution in [2.24, 2.45) is 0 Å². The van der Waals surface area contributed by atoms with Gasteiger partial charge in [-0.1, -0.05) is 6.07 Å². The zero-order valence-corrected chi connectivity index (χ0v) is 10.1. The molecule has 4 nitrogen and oxygen atoms in total. The summed E-state index contributed by atoms with van der Waals surface area (Å²) in [5.74, 6) is -1.59. The number of aliphatic carboxylic acids is 1. The van der Waals surface area contributed by atoms with Gasteiger partial charge in [-0.25, -0.2) is 4.79 Å². The number of anilines is 1. The Morgan fingerprint density at radius 2 is 1.65 bits per heavy atom. The number of rotatable bonds is 3. The lowest BCUT2D eigenvalue weighted by molar-refractivity contribution is -0.131. The van der Waals surface area contributed by atoms with E-state index < -0.39 is 11.9 Å². The van der Waals surface area contributed by atoms with E-state index >= 15 is 0 Å². The number of hydrogen-bond acceptors (Lipinski definition) is 2. The standard InChI is InChI=1S/C13H15NO3/c1-8-6-10(3)11(7-9(8)2)14-12(15)4-5-13(16)17/h4-7H,1-3H3,(H,14,15)(H,16,17). The molecule has 0 aromatic heterocycles. The quantitative estimate of drug-likeness (QED) is 0.786. The van der Waals surface area contributed by atoms with E-state index in [1.165, 1.54) is 0 Å². The number of carboxylic acid groups (broad SMARTS) is 1. The fourth-order valence-corrected chi connectivity index (χ4v) is 1.42. The number of amides is 1. The number of nitrogens with one attached hydrogen (secondary N) is 1. The normalized spacial score (nSPS) is 10.5. The van der Waals surface area contributed by atoms with Gasteiger partial charge in [0.05, 0.1) is 0 Å². The number of carbonyl (C=O) groups excluding carboxylic acids is 1. The molecule has 4 heteroatoms. The van der Waals surface area contributed by atoms with Gasteiger partial charge in [-0.05, 0) is 43.5 Å². The van der Waals surface area contributed by atoms with Gasteiger partial charge in [0.25, 0.3) is 0 Å². The second-order valence-electron chi connectivity index (χ2n) is 3.91. The molecule has 0 aliphatic carbocycles. The van der Waals surface area contributed by atoms with Crippen LogP contribution in [-0.2, 0) is 9.59 Å². The van der Waals surface area contributed by atoms with Crippen LogP contribution in [0, 0.1) is 20.8 Å². The first-order valence-corrected chi connectivity index (χ1v) is 5.20. The van der Waals surface area contributed by atoms with E-state index in [-0.39, 0.29) is 0 Å². The topological polar surface area (TPSA) is 66.4 Å². The highest BCUT2D eigenvalue weighted by Crippen LogP contribution is 2.19. The van der Waals surface area contributed by atoms with Crippen molar-refractivity contribution >= 4 is 17.6 Å². The molecule has 0 unspecified atom stereocenters. The van der Waals surface area contributed by atoms with Crippen molar-refractivity contribution in [2.75, 3.05) is 5.32 Å². The number of benzene rings is 1. The van der Waals surface area contributed by atoms with Crippen LogP contribution in [0.2, 0.25) is 0 Å². The van der Waals surface area contributed by atoms with E-state index in [1.807, 2.05) is 32.9 Å². The molecule has 0 aliphatic rings. The van der Waals surface area contributed by atoms with Crippen molar-refractivity contribution in [2.45, 2.75) is 20.8 Å². The maximum atomic E-state index is 11.4. The van der Waals surface area contributed by atoms with Crippen LogP contribution < -0.4 is 5.32 Å². The Kier molecular flexibility index (Phi) is 4.04. The molecule has 1 aromatic rings. The average Bonchev–Trinajstić information content (AvgIpc) is 2.23. The molecule has 0 radical (unpaired) electrons. The molecule has 0 saturated carbocycles. The van der Waals surface area contributed by atoms with Crippen LogP contribution in [0.25, 0.3) is 0 Å². The predicted octanol–water partition coefficient (Wildman–Crippen LogP) is 2.19. The Hall–Kier alpha value is -2.10. The summed E-state index contributed by atoms with van der Waals surface area (Å²) in [5, 5.41) is 11.0. The van der Waals surface area contributed by atoms with Gasteiger partial charge in [0.1, 0.15) is 0 Å². The number of aryl methyl sites for hydroxylation is 3. The van der Waals surface area contributed by atoms with Crippen LogP contribution >= 0.6 is 0 Å². The van der Waals surface area contributed by atoms with E-state index in [0.29, 0.717) is 5.69 Å². The fourth-order valence-electron chi connectivity index (χ4n) is 1.42. The summed E-state index contributed by atoms with van der Waals surface area (Å²) in [6, 6.07) is 3.85. The molecule has 0 atom stereocenters. The summed E-state index contributed by atoms with van der Waals surface area (Å²) >= 11 is 0. The number of carbonyl (C=O) groups is 2. The van der Waals surface area contributed by atoms with E-state index in [4.69, 9.17) is 5.11 Å². The van der Waals surface area contributed by atoms with Crippen molar-refractivity contribution in [1.29, 1.82) is 0 Å². The van der Waals surface area contributed by atoms with Crippen molar-refractivity contribution in [3.8, 4) is 0 Å². The molecule has 0 fully saturated rings. The minimum Gasteiger partial charge on any atom is -0.478 e.